The quantitative estimate of drug-likeness (QED) is 0.745. The smallest absolute Gasteiger partial charge is 0.230 e. The molecule has 2 heterocycles. The van der Waals surface area contributed by atoms with Crippen LogP contribution in [-0.2, 0) is 24.1 Å². The minimum atomic E-state index is -0.444. The lowest BCUT2D eigenvalue weighted by Crippen LogP contribution is -2.15. The van der Waals surface area contributed by atoms with E-state index < -0.39 is 5.82 Å². The van der Waals surface area contributed by atoms with Crippen LogP contribution in [-0.4, -0.2) is 15.9 Å². The van der Waals surface area contributed by atoms with E-state index in [2.05, 4.69) is 15.3 Å². The van der Waals surface area contributed by atoms with E-state index in [0.29, 0.717) is 5.69 Å². The van der Waals surface area contributed by atoms with Crippen LogP contribution in [0.1, 0.15) is 16.4 Å². The topological polar surface area (TPSA) is 54.9 Å². The highest BCUT2D eigenvalue weighted by molar-refractivity contribution is 7.09. The number of thiazole rings is 1. The Hall–Kier alpha value is -2.60. The van der Waals surface area contributed by atoms with Crippen molar-refractivity contribution in [1.82, 2.24) is 9.97 Å². The molecule has 6 heteroatoms. The summed E-state index contributed by atoms with van der Waals surface area (Å²) < 4.78 is 13.5. The first-order valence-electron chi connectivity index (χ1n) is 7.58. The average Bonchev–Trinajstić information content (AvgIpc) is 3.03. The van der Waals surface area contributed by atoms with Gasteiger partial charge in [0.25, 0.3) is 0 Å². The van der Waals surface area contributed by atoms with E-state index in [9.17, 15) is 9.18 Å². The van der Waals surface area contributed by atoms with Crippen LogP contribution in [0.2, 0.25) is 0 Å². The first-order valence-corrected chi connectivity index (χ1v) is 8.46. The molecule has 0 aliphatic carbocycles. The molecule has 3 rings (SSSR count). The van der Waals surface area contributed by atoms with Crippen molar-refractivity contribution in [2.75, 3.05) is 5.32 Å². The second-order valence-electron chi connectivity index (χ2n) is 5.26. The van der Waals surface area contributed by atoms with Gasteiger partial charge in [0.15, 0.2) is 0 Å². The van der Waals surface area contributed by atoms with Crippen molar-refractivity contribution >= 4 is 22.9 Å². The maximum atomic E-state index is 13.5. The molecule has 0 unspecified atom stereocenters. The van der Waals surface area contributed by atoms with Gasteiger partial charge in [0.05, 0.1) is 22.8 Å². The number of anilines is 1. The third-order valence-corrected chi connectivity index (χ3v) is 4.37. The number of benzene rings is 1. The Morgan fingerprint density at radius 1 is 1.08 bits per heavy atom. The summed E-state index contributed by atoms with van der Waals surface area (Å²) in [6, 6.07) is 11.9. The predicted octanol–water partition coefficient (Wildman–Crippen LogP) is 3.64. The molecule has 2 aromatic heterocycles. The molecule has 1 aromatic carbocycles. The number of para-hydroxylation sites is 1. The van der Waals surface area contributed by atoms with Gasteiger partial charge in [-0.25, -0.2) is 9.37 Å². The van der Waals surface area contributed by atoms with Crippen molar-refractivity contribution in [3.63, 3.8) is 0 Å². The monoisotopic (exact) mass is 341 g/mol. The Balaban J connectivity index is 1.54. The number of aromatic nitrogens is 2. The standard InChI is InChI=1S/C18H16FN3OS/c19-15-6-1-2-7-16(15)22-17(23)11-14-12-24-18(21-14)9-8-13-5-3-4-10-20-13/h1-7,10,12H,8-9,11H2,(H,22,23). The first-order chi connectivity index (χ1) is 11.7. The van der Waals surface area contributed by atoms with Crippen LogP contribution in [0.15, 0.2) is 54.0 Å². The van der Waals surface area contributed by atoms with Crippen LogP contribution in [0.3, 0.4) is 0 Å². The Morgan fingerprint density at radius 3 is 2.71 bits per heavy atom. The van der Waals surface area contributed by atoms with Crippen LogP contribution in [0.4, 0.5) is 10.1 Å². The molecule has 0 aliphatic rings. The molecule has 3 aromatic rings. The maximum absolute atomic E-state index is 13.5. The molecule has 0 saturated heterocycles. The van der Waals surface area contributed by atoms with E-state index in [1.807, 2.05) is 23.6 Å². The molecule has 0 atom stereocenters. The lowest BCUT2D eigenvalue weighted by Gasteiger charge is -2.04. The Labute approximate surface area is 143 Å². The molecule has 122 valence electrons. The molecule has 0 fully saturated rings. The molecular formula is C18H16FN3OS. The molecule has 24 heavy (non-hydrogen) atoms. The van der Waals surface area contributed by atoms with Crippen molar-refractivity contribution in [3.8, 4) is 0 Å². The second-order valence-corrected chi connectivity index (χ2v) is 6.20. The Morgan fingerprint density at radius 2 is 1.92 bits per heavy atom. The van der Waals surface area contributed by atoms with Gasteiger partial charge in [-0.1, -0.05) is 18.2 Å². The molecule has 1 amide bonds. The van der Waals surface area contributed by atoms with Gasteiger partial charge in [-0.15, -0.1) is 11.3 Å². The summed E-state index contributed by atoms with van der Waals surface area (Å²) in [5.41, 5.74) is 1.91. The van der Waals surface area contributed by atoms with Crippen molar-refractivity contribution in [3.05, 3.63) is 76.3 Å². The number of nitrogens with zero attached hydrogens (tertiary/aromatic N) is 2. The molecule has 0 saturated carbocycles. The zero-order valence-corrected chi connectivity index (χ0v) is 13.7. The number of amides is 1. The Bertz CT molecular complexity index is 820. The summed E-state index contributed by atoms with van der Waals surface area (Å²) in [7, 11) is 0. The van der Waals surface area contributed by atoms with Crippen molar-refractivity contribution in [2.24, 2.45) is 0 Å². The minimum absolute atomic E-state index is 0.133. The summed E-state index contributed by atoms with van der Waals surface area (Å²) in [5.74, 6) is -0.721. The second kappa shape index (κ2) is 7.79. The van der Waals surface area contributed by atoms with Crippen molar-refractivity contribution < 1.29 is 9.18 Å². The molecule has 0 radical (unpaired) electrons. The van der Waals surface area contributed by atoms with Crippen LogP contribution >= 0.6 is 11.3 Å². The van der Waals surface area contributed by atoms with Crippen molar-refractivity contribution in [2.45, 2.75) is 19.3 Å². The molecular weight excluding hydrogens is 325 g/mol. The van der Waals surface area contributed by atoms with E-state index in [-0.39, 0.29) is 18.0 Å². The molecule has 0 bridgehead atoms. The van der Waals surface area contributed by atoms with Crippen LogP contribution in [0, 0.1) is 5.82 Å². The van der Waals surface area contributed by atoms with Gasteiger partial charge in [0, 0.05) is 23.7 Å². The third-order valence-electron chi connectivity index (χ3n) is 3.41. The van der Waals surface area contributed by atoms with Gasteiger partial charge in [0.2, 0.25) is 5.91 Å². The fourth-order valence-electron chi connectivity index (χ4n) is 2.25. The van der Waals surface area contributed by atoms with Crippen LogP contribution < -0.4 is 5.32 Å². The van der Waals surface area contributed by atoms with Crippen LogP contribution in [0.25, 0.3) is 0 Å². The number of carbonyl (C=O) groups excluding carboxylic acids is 1. The number of pyridine rings is 1. The SMILES string of the molecule is O=C(Cc1csc(CCc2ccccn2)n1)Nc1ccccc1F. The number of rotatable bonds is 6. The number of hydrogen-bond acceptors (Lipinski definition) is 4. The number of halogens is 1. The lowest BCUT2D eigenvalue weighted by atomic mass is 10.2. The average molecular weight is 341 g/mol. The third kappa shape index (κ3) is 4.45. The van der Waals surface area contributed by atoms with E-state index in [4.69, 9.17) is 0 Å². The number of nitrogens with one attached hydrogen (secondary N) is 1. The number of aryl methyl sites for hydroxylation is 2. The summed E-state index contributed by atoms with van der Waals surface area (Å²) >= 11 is 1.53. The van der Waals surface area contributed by atoms with Gasteiger partial charge in [-0.3, -0.25) is 9.78 Å². The number of hydrogen-bond donors (Lipinski definition) is 1. The number of carbonyl (C=O) groups is 1. The van der Waals surface area contributed by atoms with Crippen LogP contribution in [0.5, 0.6) is 0 Å². The normalized spacial score (nSPS) is 10.5. The molecule has 0 aliphatic heterocycles. The van der Waals surface area contributed by atoms with E-state index >= 15 is 0 Å². The molecule has 0 spiro atoms. The highest BCUT2D eigenvalue weighted by Crippen LogP contribution is 2.15. The first kappa shape index (κ1) is 16.3. The Kier molecular flexibility index (Phi) is 5.28. The summed E-state index contributed by atoms with van der Waals surface area (Å²) in [6.07, 6.45) is 3.51. The molecule has 1 N–H and O–H groups in total. The fourth-order valence-corrected chi connectivity index (χ4v) is 3.05. The highest BCUT2D eigenvalue weighted by atomic mass is 32.1. The molecule has 4 nitrogen and oxygen atoms in total. The van der Waals surface area contributed by atoms with Gasteiger partial charge < -0.3 is 5.32 Å². The minimum Gasteiger partial charge on any atom is -0.323 e. The summed E-state index contributed by atoms with van der Waals surface area (Å²) in [4.78, 5) is 20.7. The van der Waals surface area contributed by atoms with E-state index in [1.165, 1.54) is 23.5 Å². The lowest BCUT2D eigenvalue weighted by molar-refractivity contribution is -0.115. The predicted molar refractivity (Wildman–Crippen MR) is 92.5 cm³/mol. The zero-order valence-electron chi connectivity index (χ0n) is 12.9. The van der Waals surface area contributed by atoms with Crippen molar-refractivity contribution in [1.29, 1.82) is 0 Å². The van der Waals surface area contributed by atoms with Gasteiger partial charge in [-0.05, 0) is 30.7 Å². The maximum Gasteiger partial charge on any atom is 0.230 e. The van der Waals surface area contributed by atoms with E-state index in [0.717, 1.165) is 23.5 Å². The zero-order chi connectivity index (χ0) is 16.8. The largest absolute Gasteiger partial charge is 0.323 e. The van der Waals surface area contributed by atoms with E-state index in [1.54, 1.807) is 18.3 Å². The fraction of sp³-hybridized carbons (Fsp3) is 0.167. The summed E-state index contributed by atoms with van der Waals surface area (Å²) in [5, 5.41) is 5.40. The van der Waals surface area contributed by atoms with Gasteiger partial charge in [-0.2, -0.15) is 0 Å². The highest BCUT2D eigenvalue weighted by Gasteiger charge is 2.10. The van der Waals surface area contributed by atoms with Gasteiger partial charge >= 0.3 is 0 Å². The van der Waals surface area contributed by atoms with Gasteiger partial charge in [0.1, 0.15) is 5.82 Å². The summed E-state index contributed by atoms with van der Waals surface area (Å²) in [6.45, 7) is 0.